The van der Waals surface area contributed by atoms with E-state index in [4.69, 9.17) is 0 Å². The van der Waals surface area contributed by atoms with Gasteiger partial charge in [0.1, 0.15) is 5.82 Å². The molecule has 0 saturated carbocycles. The number of fused-ring (bicyclic) bond motifs is 1. The largest absolute Gasteiger partial charge is 0.394 e. The van der Waals surface area contributed by atoms with E-state index >= 15 is 0 Å². The highest BCUT2D eigenvalue weighted by atomic mass is 16.3. The molecule has 2 aromatic rings. The Balaban J connectivity index is 1.89. The molecule has 120 valence electrons. The standard InChI is InChI=1S/C18H21N3O2/c1-2-14(12-22)20-17-15(7-5-10-19-17)18(23)21-11-9-13-6-3-4-8-16(13)21/h3-8,10,14,22H,2,9,11-12H2,1H3,(H,19,20)/t14-/m0/s1. The SMILES string of the molecule is CC[C@@H](CO)Nc1ncccc1C(=O)N1CCc2ccccc21. The average molecular weight is 311 g/mol. The van der Waals surface area contributed by atoms with Gasteiger partial charge in [-0.2, -0.15) is 0 Å². The number of hydrogen-bond donors (Lipinski definition) is 2. The van der Waals surface area contributed by atoms with Gasteiger partial charge in [-0.15, -0.1) is 0 Å². The maximum Gasteiger partial charge on any atom is 0.262 e. The predicted molar refractivity (Wildman–Crippen MR) is 90.8 cm³/mol. The van der Waals surface area contributed by atoms with E-state index in [1.807, 2.05) is 25.1 Å². The van der Waals surface area contributed by atoms with E-state index in [2.05, 4.69) is 16.4 Å². The number of hydrogen-bond acceptors (Lipinski definition) is 4. The Hall–Kier alpha value is -2.40. The molecule has 5 nitrogen and oxygen atoms in total. The number of carbonyl (C=O) groups excluding carboxylic acids is 1. The van der Waals surface area contributed by atoms with Crippen LogP contribution in [-0.2, 0) is 6.42 Å². The van der Waals surface area contributed by atoms with Gasteiger partial charge in [-0.1, -0.05) is 25.1 Å². The van der Waals surface area contributed by atoms with Gasteiger partial charge in [-0.05, 0) is 36.6 Å². The topological polar surface area (TPSA) is 65.5 Å². The van der Waals surface area contributed by atoms with Crippen LogP contribution in [0.25, 0.3) is 0 Å². The van der Waals surface area contributed by atoms with Crippen LogP contribution in [0.2, 0.25) is 0 Å². The summed E-state index contributed by atoms with van der Waals surface area (Å²) >= 11 is 0. The number of nitrogens with zero attached hydrogens (tertiary/aromatic N) is 2. The minimum Gasteiger partial charge on any atom is -0.394 e. The van der Waals surface area contributed by atoms with E-state index in [1.165, 1.54) is 5.56 Å². The molecule has 1 atom stereocenters. The maximum atomic E-state index is 13.0. The molecule has 1 aliphatic rings. The number of pyridine rings is 1. The van der Waals surface area contributed by atoms with Crippen LogP contribution in [0.5, 0.6) is 0 Å². The van der Waals surface area contributed by atoms with Gasteiger partial charge in [0.25, 0.3) is 5.91 Å². The van der Waals surface area contributed by atoms with Crippen molar-refractivity contribution in [1.82, 2.24) is 4.98 Å². The maximum absolute atomic E-state index is 13.0. The number of nitrogens with one attached hydrogen (secondary N) is 1. The van der Waals surface area contributed by atoms with Crippen molar-refractivity contribution in [2.45, 2.75) is 25.8 Å². The number of anilines is 2. The van der Waals surface area contributed by atoms with Crippen LogP contribution >= 0.6 is 0 Å². The fraction of sp³-hybridized carbons (Fsp3) is 0.333. The van der Waals surface area contributed by atoms with Crippen molar-refractivity contribution in [2.75, 3.05) is 23.4 Å². The molecule has 1 aromatic heterocycles. The van der Waals surface area contributed by atoms with Crippen LogP contribution in [-0.4, -0.2) is 35.2 Å². The minimum absolute atomic E-state index is 0.00719. The average Bonchev–Trinajstić information content (AvgIpc) is 3.03. The van der Waals surface area contributed by atoms with E-state index in [0.717, 1.165) is 18.5 Å². The first-order valence-corrected chi connectivity index (χ1v) is 7.96. The third-order valence-electron chi connectivity index (χ3n) is 4.22. The number of aliphatic hydroxyl groups is 1. The zero-order valence-electron chi connectivity index (χ0n) is 13.2. The van der Waals surface area contributed by atoms with Crippen molar-refractivity contribution in [2.24, 2.45) is 0 Å². The normalized spacial score (nSPS) is 14.4. The van der Waals surface area contributed by atoms with Crippen LogP contribution in [0.15, 0.2) is 42.6 Å². The van der Waals surface area contributed by atoms with Crippen molar-refractivity contribution in [3.05, 3.63) is 53.7 Å². The molecule has 23 heavy (non-hydrogen) atoms. The molecule has 1 amide bonds. The highest BCUT2D eigenvalue weighted by molar-refractivity contribution is 6.10. The lowest BCUT2D eigenvalue weighted by atomic mass is 10.1. The number of rotatable bonds is 5. The number of carbonyl (C=O) groups is 1. The molecular weight excluding hydrogens is 290 g/mol. The number of amides is 1. The summed E-state index contributed by atoms with van der Waals surface area (Å²) in [5, 5.41) is 12.5. The fourth-order valence-corrected chi connectivity index (χ4v) is 2.86. The number of benzene rings is 1. The van der Waals surface area contributed by atoms with E-state index in [-0.39, 0.29) is 18.6 Å². The number of aromatic nitrogens is 1. The Kier molecular flexibility index (Phi) is 4.57. The second-order valence-corrected chi connectivity index (χ2v) is 5.67. The van der Waals surface area contributed by atoms with Crippen molar-refractivity contribution in [3.8, 4) is 0 Å². The van der Waals surface area contributed by atoms with Gasteiger partial charge in [0.15, 0.2) is 0 Å². The fourth-order valence-electron chi connectivity index (χ4n) is 2.86. The van der Waals surface area contributed by atoms with Crippen LogP contribution in [0.1, 0.15) is 29.3 Å². The smallest absolute Gasteiger partial charge is 0.262 e. The summed E-state index contributed by atoms with van der Waals surface area (Å²) < 4.78 is 0. The van der Waals surface area contributed by atoms with Crippen LogP contribution in [0, 0.1) is 0 Å². The first-order valence-electron chi connectivity index (χ1n) is 7.96. The minimum atomic E-state index is -0.109. The Morgan fingerprint density at radius 3 is 2.96 bits per heavy atom. The Morgan fingerprint density at radius 2 is 2.17 bits per heavy atom. The molecule has 0 saturated heterocycles. The van der Waals surface area contributed by atoms with Crippen molar-refractivity contribution < 1.29 is 9.90 Å². The van der Waals surface area contributed by atoms with E-state index < -0.39 is 0 Å². The second-order valence-electron chi connectivity index (χ2n) is 5.67. The second kappa shape index (κ2) is 6.79. The summed E-state index contributed by atoms with van der Waals surface area (Å²) in [6.07, 6.45) is 3.29. The summed E-state index contributed by atoms with van der Waals surface area (Å²) in [5.41, 5.74) is 2.71. The van der Waals surface area contributed by atoms with Gasteiger partial charge in [0.2, 0.25) is 0 Å². The zero-order chi connectivity index (χ0) is 16.2. The molecule has 0 bridgehead atoms. The quantitative estimate of drug-likeness (QED) is 0.890. The molecule has 0 fully saturated rings. The summed E-state index contributed by atoms with van der Waals surface area (Å²) in [7, 11) is 0. The molecule has 0 aliphatic carbocycles. The lowest BCUT2D eigenvalue weighted by Gasteiger charge is -2.21. The lowest BCUT2D eigenvalue weighted by Crippen LogP contribution is -2.31. The molecule has 1 aromatic carbocycles. The zero-order valence-corrected chi connectivity index (χ0v) is 13.2. The summed E-state index contributed by atoms with van der Waals surface area (Å²) in [6.45, 7) is 2.67. The van der Waals surface area contributed by atoms with Gasteiger partial charge in [-0.3, -0.25) is 4.79 Å². The van der Waals surface area contributed by atoms with Crippen molar-refractivity contribution in [1.29, 1.82) is 0 Å². The molecular formula is C18H21N3O2. The molecule has 3 rings (SSSR count). The van der Waals surface area contributed by atoms with E-state index in [0.29, 0.717) is 17.9 Å². The molecule has 5 heteroatoms. The Bertz CT molecular complexity index is 698. The third kappa shape index (κ3) is 3.05. The number of para-hydroxylation sites is 1. The van der Waals surface area contributed by atoms with Gasteiger partial charge in [0.05, 0.1) is 18.2 Å². The monoisotopic (exact) mass is 311 g/mol. The van der Waals surface area contributed by atoms with E-state index in [9.17, 15) is 9.90 Å². The van der Waals surface area contributed by atoms with Crippen LogP contribution in [0.3, 0.4) is 0 Å². The molecule has 2 N–H and O–H groups in total. The Morgan fingerprint density at radius 1 is 1.35 bits per heavy atom. The lowest BCUT2D eigenvalue weighted by molar-refractivity contribution is 0.0989. The first-order chi connectivity index (χ1) is 11.2. The number of aliphatic hydroxyl groups excluding tert-OH is 1. The molecule has 0 unspecified atom stereocenters. The predicted octanol–water partition coefficient (Wildman–Crippen LogP) is 2.47. The van der Waals surface area contributed by atoms with Gasteiger partial charge in [-0.25, -0.2) is 4.98 Å². The van der Waals surface area contributed by atoms with Gasteiger partial charge < -0.3 is 15.3 Å². The van der Waals surface area contributed by atoms with Gasteiger partial charge >= 0.3 is 0 Å². The van der Waals surface area contributed by atoms with Crippen LogP contribution in [0.4, 0.5) is 11.5 Å². The molecule has 2 heterocycles. The summed E-state index contributed by atoms with van der Waals surface area (Å²) in [4.78, 5) is 19.1. The van der Waals surface area contributed by atoms with Crippen molar-refractivity contribution >= 4 is 17.4 Å². The first kappa shape index (κ1) is 15.5. The highest BCUT2D eigenvalue weighted by Crippen LogP contribution is 2.30. The molecule has 0 spiro atoms. The summed E-state index contributed by atoms with van der Waals surface area (Å²) in [6, 6.07) is 11.4. The van der Waals surface area contributed by atoms with Crippen molar-refractivity contribution in [3.63, 3.8) is 0 Å². The molecule has 0 radical (unpaired) electrons. The molecule has 1 aliphatic heterocycles. The summed E-state index contributed by atoms with van der Waals surface area (Å²) in [5.74, 6) is 0.473. The van der Waals surface area contributed by atoms with Gasteiger partial charge in [0, 0.05) is 18.4 Å². The van der Waals surface area contributed by atoms with E-state index in [1.54, 1.807) is 23.2 Å². The Labute approximate surface area is 136 Å². The van der Waals surface area contributed by atoms with Crippen LogP contribution < -0.4 is 10.2 Å². The third-order valence-corrected chi connectivity index (χ3v) is 4.22. The highest BCUT2D eigenvalue weighted by Gasteiger charge is 2.27.